The smallest absolute Gasteiger partial charge is 0.323 e. The summed E-state index contributed by atoms with van der Waals surface area (Å²) in [5.41, 5.74) is 2.04. The highest BCUT2D eigenvalue weighted by Crippen LogP contribution is 2.22. The van der Waals surface area contributed by atoms with Gasteiger partial charge in [-0.15, -0.1) is 0 Å². The Labute approximate surface area is 110 Å². The number of nitrogens with zero attached hydrogens (tertiary/aromatic N) is 3. The lowest BCUT2D eigenvalue weighted by Crippen LogP contribution is -2.43. The van der Waals surface area contributed by atoms with Crippen molar-refractivity contribution in [3.05, 3.63) is 18.1 Å². The molecule has 0 aliphatic carbocycles. The van der Waals surface area contributed by atoms with Crippen LogP contribution < -0.4 is 16.6 Å². The van der Waals surface area contributed by atoms with Crippen LogP contribution in [0.4, 0.5) is 10.6 Å². The molecule has 1 aliphatic rings. The predicted octanol–water partition coefficient (Wildman–Crippen LogP) is -0.0173. The number of nitrogens with two attached hydrogens (primary N) is 1. The third-order valence-corrected chi connectivity index (χ3v) is 3.23. The number of aromatic nitrogens is 2. The monoisotopic (exact) mass is 264 g/mol. The lowest BCUT2D eigenvalue weighted by Gasteiger charge is -2.19. The molecule has 1 aromatic heterocycles. The molecule has 2 rings (SSSR count). The van der Waals surface area contributed by atoms with Gasteiger partial charge in [-0.25, -0.2) is 15.6 Å². The van der Waals surface area contributed by atoms with Crippen molar-refractivity contribution in [2.75, 3.05) is 5.43 Å². The molecule has 0 saturated carbocycles. The lowest BCUT2D eigenvalue weighted by molar-refractivity contribution is -0.131. The molecule has 8 heteroatoms. The lowest BCUT2D eigenvalue weighted by atomic mass is 9.99. The Balaban J connectivity index is 2.14. The largest absolute Gasteiger partial charge is 0.325 e. The number of amides is 3. The maximum atomic E-state index is 12.2. The fourth-order valence-electron chi connectivity index (χ4n) is 1.80. The first-order valence-electron chi connectivity index (χ1n) is 5.92. The van der Waals surface area contributed by atoms with Gasteiger partial charge in [0.05, 0.1) is 24.6 Å². The first kappa shape index (κ1) is 13.2. The molecule has 1 fully saturated rings. The average Bonchev–Trinajstić information content (AvgIpc) is 2.64. The number of carbonyl (C=O) groups excluding carboxylic acids is 2. The summed E-state index contributed by atoms with van der Waals surface area (Å²) < 4.78 is 0. The number of urea groups is 1. The van der Waals surface area contributed by atoms with Crippen LogP contribution in [0.15, 0.2) is 12.4 Å². The Bertz CT molecular complexity index is 502. The number of rotatable bonds is 4. The van der Waals surface area contributed by atoms with E-state index in [1.165, 1.54) is 12.4 Å². The molecule has 3 amide bonds. The van der Waals surface area contributed by atoms with Gasteiger partial charge in [-0.1, -0.05) is 6.92 Å². The molecule has 2 heterocycles. The van der Waals surface area contributed by atoms with Crippen LogP contribution in [0.1, 0.15) is 26.0 Å². The maximum absolute atomic E-state index is 12.2. The first-order valence-corrected chi connectivity index (χ1v) is 5.92. The molecule has 1 aliphatic heterocycles. The van der Waals surface area contributed by atoms with Gasteiger partial charge in [-0.3, -0.25) is 14.7 Å². The Kier molecular flexibility index (Phi) is 3.34. The molecule has 4 N–H and O–H groups in total. The van der Waals surface area contributed by atoms with Crippen LogP contribution >= 0.6 is 0 Å². The fraction of sp³-hybridized carbons (Fsp3) is 0.455. The zero-order valence-corrected chi connectivity index (χ0v) is 10.8. The van der Waals surface area contributed by atoms with E-state index in [4.69, 9.17) is 5.84 Å². The number of imide groups is 1. The summed E-state index contributed by atoms with van der Waals surface area (Å²) in [6.45, 7) is 3.65. The van der Waals surface area contributed by atoms with Crippen LogP contribution in [0.2, 0.25) is 0 Å². The molecule has 19 heavy (non-hydrogen) atoms. The minimum absolute atomic E-state index is 0.0953. The van der Waals surface area contributed by atoms with E-state index >= 15 is 0 Å². The Hall–Kier alpha value is -2.22. The molecule has 0 aromatic carbocycles. The Morgan fingerprint density at radius 2 is 2.16 bits per heavy atom. The van der Waals surface area contributed by atoms with E-state index in [0.717, 1.165) is 4.90 Å². The standard InChI is InChI=1S/C11H16N6O2/c1-3-11(2)9(18)17(10(19)15-11)6-7-4-14-8(16-12)5-13-7/h4-5H,3,6,12H2,1-2H3,(H,14,16)(H,15,19). The van der Waals surface area contributed by atoms with Crippen molar-refractivity contribution in [1.29, 1.82) is 0 Å². The van der Waals surface area contributed by atoms with Crippen LogP contribution in [0, 0.1) is 0 Å². The minimum Gasteiger partial charge on any atom is -0.323 e. The zero-order chi connectivity index (χ0) is 14.0. The van der Waals surface area contributed by atoms with Crippen LogP contribution in [0.5, 0.6) is 0 Å². The van der Waals surface area contributed by atoms with Crippen molar-refractivity contribution in [2.45, 2.75) is 32.4 Å². The number of nitrogen functional groups attached to an aromatic ring is 1. The van der Waals surface area contributed by atoms with E-state index < -0.39 is 11.6 Å². The van der Waals surface area contributed by atoms with Gasteiger partial charge in [0.2, 0.25) is 0 Å². The summed E-state index contributed by atoms with van der Waals surface area (Å²) in [7, 11) is 0. The van der Waals surface area contributed by atoms with Gasteiger partial charge in [0.15, 0.2) is 5.82 Å². The topological polar surface area (TPSA) is 113 Å². The number of hydrogen-bond donors (Lipinski definition) is 3. The van der Waals surface area contributed by atoms with E-state index in [-0.39, 0.29) is 12.5 Å². The normalized spacial score (nSPS) is 22.6. The summed E-state index contributed by atoms with van der Waals surface area (Å²) in [6, 6.07) is -0.405. The highest BCUT2D eigenvalue weighted by Gasteiger charge is 2.46. The highest BCUT2D eigenvalue weighted by molar-refractivity contribution is 6.06. The third-order valence-electron chi connectivity index (χ3n) is 3.23. The fourth-order valence-corrected chi connectivity index (χ4v) is 1.80. The maximum Gasteiger partial charge on any atom is 0.325 e. The minimum atomic E-state index is -0.830. The summed E-state index contributed by atoms with van der Waals surface area (Å²) in [5.74, 6) is 5.35. The molecule has 0 spiro atoms. The Morgan fingerprint density at radius 1 is 1.42 bits per heavy atom. The predicted molar refractivity (Wildman–Crippen MR) is 67.6 cm³/mol. The molecule has 1 saturated heterocycles. The van der Waals surface area contributed by atoms with Crippen LogP contribution in [-0.2, 0) is 11.3 Å². The quantitative estimate of drug-likeness (QED) is 0.400. The van der Waals surface area contributed by atoms with Crippen LogP contribution in [0.3, 0.4) is 0 Å². The van der Waals surface area contributed by atoms with Crippen molar-refractivity contribution in [3.8, 4) is 0 Å². The molecule has 1 aromatic rings. The molecule has 1 atom stereocenters. The second-order valence-electron chi connectivity index (χ2n) is 4.54. The molecule has 8 nitrogen and oxygen atoms in total. The third kappa shape index (κ3) is 2.34. The number of nitrogens with one attached hydrogen (secondary N) is 2. The van der Waals surface area contributed by atoms with Gasteiger partial charge in [0, 0.05) is 0 Å². The molecule has 102 valence electrons. The SMILES string of the molecule is CCC1(C)NC(=O)N(Cc2cnc(NN)cn2)C1=O. The number of hydrogen-bond acceptors (Lipinski definition) is 6. The average molecular weight is 264 g/mol. The number of anilines is 1. The number of carbonyl (C=O) groups is 2. The van der Waals surface area contributed by atoms with Gasteiger partial charge in [-0.05, 0) is 13.3 Å². The van der Waals surface area contributed by atoms with E-state index in [1.54, 1.807) is 6.92 Å². The summed E-state index contributed by atoms with van der Waals surface area (Å²) in [6.07, 6.45) is 3.44. The van der Waals surface area contributed by atoms with Gasteiger partial charge in [0.25, 0.3) is 5.91 Å². The second kappa shape index (κ2) is 4.81. The van der Waals surface area contributed by atoms with Crippen LogP contribution in [0.25, 0.3) is 0 Å². The number of hydrazine groups is 1. The second-order valence-corrected chi connectivity index (χ2v) is 4.54. The zero-order valence-electron chi connectivity index (χ0n) is 10.8. The van der Waals surface area contributed by atoms with E-state index in [1.807, 2.05) is 6.92 Å². The van der Waals surface area contributed by atoms with Crippen molar-refractivity contribution in [1.82, 2.24) is 20.2 Å². The van der Waals surface area contributed by atoms with Crippen molar-refractivity contribution in [2.24, 2.45) is 5.84 Å². The van der Waals surface area contributed by atoms with Crippen molar-refractivity contribution >= 4 is 17.8 Å². The van der Waals surface area contributed by atoms with Gasteiger partial charge < -0.3 is 10.7 Å². The molecule has 0 radical (unpaired) electrons. The Morgan fingerprint density at radius 3 is 2.63 bits per heavy atom. The molecule has 1 unspecified atom stereocenters. The highest BCUT2D eigenvalue weighted by atomic mass is 16.2. The van der Waals surface area contributed by atoms with Crippen molar-refractivity contribution in [3.63, 3.8) is 0 Å². The van der Waals surface area contributed by atoms with Gasteiger partial charge in [-0.2, -0.15) is 0 Å². The van der Waals surface area contributed by atoms with E-state index in [0.29, 0.717) is 17.9 Å². The molecular formula is C11H16N6O2. The van der Waals surface area contributed by atoms with Crippen LogP contribution in [-0.4, -0.2) is 32.3 Å². The van der Waals surface area contributed by atoms with Gasteiger partial charge in [0.1, 0.15) is 5.54 Å². The molecule has 0 bridgehead atoms. The van der Waals surface area contributed by atoms with E-state index in [2.05, 4.69) is 20.7 Å². The first-order chi connectivity index (χ1) is 9.00. The van der Waals surface area contributed by atoms with E-state index in [9.17, 15) is 9.59 Å². The molecular weight excluding hydrogens is 248 g/mol. The summed E-state index contributed by atoms with van der Waals surface area (Å²) >= 11 is 0. The van der Waals surface area contributed by atoms with Gasteiger partial charge >= 0.3 is 6.03 Å². The summed E-state index contributed by atoms with van der Waals surface area (Å²) in [4.78, 5) is 33.2. The summed E-state index contributed by atoms with van der Waals surface area (Å²) in [5, 5.41) is 2.68. The van der Waals surface area contributed by atoms with Crippen molar-refractivity contribution < 1.29 is 9.59 Å².